The molecule has 8 nitrogen and oxygen atoms in total. The standard InChI is InChI=1S/C17H12ClF3N3O5S.Na/c18-9-1-2-12(29-17(19,20)21)13(5-9)30(26,27)24-10-6-11-14(25)23-16(3-4-16)8-28-15(11)22-7-10;/h1-2,5-7H,3-4,8H2,(H,23,25);/q-1;+1. The number of pyridine rings is 1. The van der Waals surface area contributed by atoms with E-state index in [2.05, 4.69) is 19.8 Å². The smallest absolute Gasteiger partial charge is 0.571 e. The number of ether oxygens (including phenoxy) is 2. The molecule has 1 spiro atoms. The van der Waals surface area contributed by atoms with Crippen LogP contribution < -0.4 is 44.3 Å². The normalized spacial score (nSPS) is 16.8. The fourth-order valence-corrected chi connectivity index (χ4v) is 4.17. The van der Waals surface area contributed by atoms with E-state index >= 15 is 0 Å². The topological polar surface area (TPSA) is 109 Å². The van der Waals surface area contributed by atoms with Gasteiger partial charge in [0.2, 0.25) is 5.88 Å². The van der Waals surface area contributed by atoms with Gasteiger partial charge in [-0.05, 0) is 31.0 Å². The molecule has 0 atom stereocenters. The summed E-state index contributed by atoms with van der Waals surface area (Å²) < 4.78 is 76.0. The van der Waals surface area contributed by atoms with Crippen molar-refractivity contribution in [2.24, 2.45) is 0 Å². The Kier molecular flexibility index (Phi) is 6.42. The molecule has 1 amide bonds. The number of carbonyl (C=O) groups is 1. The van der Waals surface area contributed by atoms with E-state index in [1.54, 1.807) is 0 Å². The Bertz CT molecular complexity index is 1140. The minimum absolute atomic E-state index is 0. The third-order valence-electron chi connectivity index (χ3n) is 4.43. The van der Waals surface area contributed by atoms with E-state index in [4.69, 9.17) is 16.3 Å². The van der Waals surface area contributed by atoms with Crippen molar-refractivity contribution in [1.82, 2.24) is 10.3 Å². The zero-order chi connectivity index (χ0) is 21.7. The predicted octanol–water partition coefficient (Wildman–Crippen LogP) is 0.686. The predicted molar refractivity (Wildman–Crippen MR) is 97.5 cm³/mol. The van der Waals surface area contributed by atoms with Gasteiger partial charge >= 0.3 is 35.9 Å². The van der Waals surface area contributed by atoms with Crippen LogP contribution in [0.1, 0.15) is 23.2 Å². The van der Waals surface area contributed by atoms with Gasteiger partial charge in [0.25, 0.3) is 5.91 Å². The zero-order valence-corrected chi connectivity index (χ0v) is 19.4. The molecule has 1 aliphatic heterocycles. The fraction of sp³-hybridized carbons (Fsp3) is 0.294. The van der Waals surface area contributed by atoms with Gasteiger partial charge in [0, 0.05) is 11.2 Å². The van der Waals surface area contributed by atoms with Gasteiger partial charge in [-0.15, -0.1) is 18.9 Å². The van der Waals surface area contributed by atoms with Crippen molar-refractivity contribution in [2.45, 2.75) is 29.6 Å². The second-order valence-electron chi connectivity index (χ2n) is 6.77. The van der Waals surface area contributed by atoms with Crippen LogP contribution in [0.25, 0.3) is 4.72 Å². The van der Waals surface area contributed by atoms with Crippen LogP contribution in [-0.2, 0) is 10.0 Å². The second-order valence-corrected chi connectivity index (χ2v) is 8.78. The van der Waals surface area contributed by atoms with Gasteiger partial charge in [0.05, 0.1) is 10.4 Å². The van der Waals surface area contributed by atoms with Crippen molar-refractivity contribution in [2.75, 3.05) is 6.61 Å². The SMILES string of the molecule is O=C1NC2(CC2)COc2ncc([N-]S(=O)(=O)c3cc(Cl)ccc3OC(F)(F)F)cc21.[Na+]. The second kappa shape index (κ2) is 8.32. The number of hydrogen-bond acceptors (Lipinski definition) is 6. The number of hydrogen-bond donors (Lipinski definition) is 1. The minimum Gasteiger partial charge on any atom is -0.571 e. The molecule has 1 saturated carbocycles. The zero-order valence-electron chi connectivity index (χ0n) is 15.9. The molecule has 4 rings (SSSR count). The molecule has 2 aliphatic rings. The number of amides is 1. The Morgan fingerprint density at radius 1 is 1.26 bits per heavy atom. The number of carbonyl (C=O) groups excluding carboxylic acids is 1. The number of rotatable bonds is 4. The van der Waals surface area contributed by atoms with Crippen LogP contribution in [0.2, 0.25) is 5.02 Å². The first-order valence-corrected chi connectivity index (χ1v) is 10.3. The number of nitrogens with zero attached hydrogens (tertiary/aromatic N) is 2. The number of fused-ring (bicyclic) bond motifs is 1. The Balaban J connectivity index is 0.00000272. The van der Waals surface area contributed by atoms with E-state index in [9.17, 15) is 26.4 Å². The van der Waals surface area contributed by atoms with Crippen LogP contribution in [0.5, 0.6) is 11.6 Å². The summed E-state index contributed by atoms with van der Waals surface area (Å²) >= 11 is 5.74. The first kappa shape index (κ1) is 23.9. The third-order valence-corrected chi connectivity index (χ3v) is 5.99. The molecule has 1 aliphatic carbocycles. The molecule has 160 valence electrons. The van der Waals surface area contributed by atoms with E-state index in [0.717, 1.165) is 43.3 Å². The van der Waals surface area contributed by atoms with Gasteiger partial charge in [-0.3, -0.25) is 4.79 Å². The number of nitrogens with one attached hydrogen (secondary N) is 1. The van der Waals surface area contributed by atoms with E-state index in [1.807, 2.05) is 0 Å². The molecule has 0 bridgehead atoms. The maximum atomic E-state index is 12.7. The first-order valence-electron chi connectivity index (χ1n) is 8.45. The largest absolute Gasteiger partial charge is 1.00 e. The van der Waals surface area contributed by atoms with Crippen molar-refractivity contribution in [3.63, 3.8) is 0 Å². The van der Waals surface area contributed by atoms with Crippen LogP contribution in [-0.4, -0.2) is 37.8 Å². The molecule has 14 heteroatoms. The van der Waals surface area contributed by atoms with Crippen molar-refractivity contribution < 1.29 is 65.4 Å². The maximum Gasteiger partial charge on any atom is 1.00 e. The van der Waals surface area contributed by atoms with E-state index in [1.165, 1.54) is 0 Å². The fourth-order valence-electron chi connectivity index (χ4n) is 2.82. The number of benzene rings is 1. The number of aromatic nitrogens is 1. The van der Waals surface area contributed by atoms with Crippen LogP contribution in [0, 0.1) is 0 Å². The molecule has 0 unspecified atom stereocenters. The van der Waals surface area contributed by atoms with Gasteiger partial charge in [0.15, 0.2) is 0 Å². The van der Waals surface area contributed by atoms with E-state index in [-0.39, 0.29) is 58.3 Å². The van der Waals surface area contributed by atoms with Crippen molar-refractivity contribution in [3.8, 4) is 11.6 Å². The molecule has 0 saturated heterocycles. The molecular formula is C17H12ClF3N3NaO5S. The van der Waals surface area contributed by atoms with Crippen molar-refractivity contribution in [3.05, 3.63) is 45.8 Å². The molecule has 1 aromatic carbocycles. The van der Waals surface area contributed by atoms with E-state index in [0.29, 0.717) is 0 Å². The summed E-state index contributed by atoms with van der Waals surface area (Å²) in [6, 6.07) is 3.72. The molecule has 0 radical (unpaired) electrons. The molecule has 1 aromatic heterocycles. The summed E-state index contributed by atoms with van der Waals surface area (Å²) in [5, 5.41) is 2.65. The first-order chi connectivity index (χ1) is 14.0. The Morgan fingerprint density at radius 3 is 2.61 bits per heavy atom. The molecule has 31 heavy (non-hydrogen) atoms. The van der Waals surface area contributed by atoms with Crippen LogP contribution >= 0.6 is 11.6 Å². The van der Waals surface area contributed by atoms with Crippen LogP contribution in [0.4, 0.5) is 18.9 Å². The quantitative estimate of drug-likeness (QED) is 0.638. The summed E-state index contributed by atoms with van der Waals surface area (Å²) in [7, 11) is -4.70. The van der Waals surface area contributed by atoms with Crippen LogP contribution in [0.3, 0.4) is 0 Å². The molecule has 2 heterocycles. The maximum absolute atomic E-state index is 12.7. The van der Waals surface area contributed by atoms with Gasteiger partial charge in [-0.25, -0.2) is 13.4 Å². The molecule has 1 N–H and O–H groups in total. The third kappa shape index (κ3) is 5.37. The summed E-state index contributed by atoms with van der Waals surface area (Å²) in [6.07, 6.45) is -2.61. The van der Waals surface area contributed by atoms with Gasteiger partial charge in [0.1, 0.15) is 27.9 Å². The van der Waals surface area contributed by atoms with Crippen molar-refractivity contribution in [1.29, 1.82) is 0 Å². The summed E-state index contributed by atoms with van der Waals surface area (Å²) in [6.45, 7) is 0.230. The monoisotopic (exact) mass is 485 g/mol. The van der Waals surface area contributed by atoms with Gasteiger partial charge in [-0.2, -0.15) is 0 Å². The van der Waals surface area contributed by atoms with Crippen molar-refractivity contribution >= 4 is 33.2 Å². The molecular weight excluding hydrogens is 474 g/mol. The Morgan fingerprint density at radius 2 is 1.97 bits per heavy atom. The van der Waals surface area contributed by atoms with Crippen LogP contribution in [0.15, 0.2) is 35.4 Å². The minimum atomic E-state index is -5.13. The average Bonchev–Trinajstić information content (AvgIpc) is 3.41. The summed E-state index contributed by atoms with van der Waals surface area (Å²) in [5.41, 5.74) is -0.767. The number of halogens is 4. The molecule has 1 fully saturated rings. The Hall–Kier alpha value is -1.73. The Labute approximate surface area is 201 Å². The molecule has 2 aromatic rings. The summed E-state index contributed by atoms with van der Waals surface area (Å²) in [5.74, 6) is -1.49. The average molecular weight is 486 g/mol. The van der Waals surface area contributed by atoms with Gasteiger partial charge < -0.3 is 19.5 Å². The van der Waals surface area contributed by atoms with E-state index < -0.39 is 38.5 Å². The summed E-state index contributed by atoms with van der Waals surface area (Å²) in [4.78, 5) is 15.5. The number of alkyl halides is 3. The van der Waals surface area contributed by atoms with Gasteiger partial charge in [-0.1, -0.05) is 17.7 Å². The number of sulfonamides is 1.